The molecule has 0 radical (unpaired) electrons. The summed E-state index contributed by atoms with van der Waals surface area (Å²) in [6, 6.07) is 0. The molecule has 0 aliphatic heterocycles. The number of rotatable bonds is 2. The highest BCUT2D eigenvalue weighted by Gasteiger charge is 2.66. The lowest BCUT2D eigenvalue weighted by Crippen LogP contribution is -2.73. The van der Waals surface area contributed by atoms with Gasteiger partial charge in [0.15, 0.2) is 11.5 Å². The molecule has 4 atom stereocenters. The summed E-state index contributed by atoms with van der Waals surface area (Å²) in [6.45, 7) is 6.59. The fourth-order valence-corrected chi connectivity index (χ4v) is 3.92. The van der Waals surface area contributed by atoms with Crippen LogP contribution in [-0.2, 0) is 5.54 Å². The van der Waals surface area contributed by atoms with Crippen LogP contribution in [-0.4, -0.2) is 52.6 Å². The van der Waals surface area contributed by atoms with Crippen molar-refractivity contribution in [1.29, 1.82) is 0 Å². The summed E-state index contributed by atoms with van der Waals surface area (Å²) < 4.78 is 1.76. The van der Waals surface area contributed by atoms with E-state index in [4.69, 9.17) is 5.73 Å². The molecule has 3 rings (SSSR count). The number of nitrogens with zero attached hydrogens (tertiary/aromatic N) is 4. The van der Waals surface area contributed by atoms with E-state index in [1.54, 1.807) is 31.7 Å². The van der Waals surface area contributed by atoms with E-state index in [2.05, 4.69) is 15.0 Å². The largest absolute Gasteiger partial charge is 0.396 e. The molecule has 8 heteroatoms. The van der Waals surface area contributed by atoms with Crippen LogP contribution in [0.25, 0.3) is 11.2 Å². The molecule has 0 spiro atoms. The molecule has 1 saturated carbocycles. The van der Waals surface area contributed by atoms with Crippen LogP contribution >= 0.6 is 0 Å². The molecule has 1 aliphatic rings. The van der Waals surface area contributed by atoms with Gasteiger partial charge in [-0.2, -0.15) is 0 Å². The minimum absolute atomic E-state index is 0.216. The zero-order valence-corrected chi connectivity index (χ0v) is 14.5. The molecular formula is C16H25N5O3. The Hall–Kier alpha value is -1.77. The minimum Gasteiger partial charge on any atom is -0.396 e. The van der Waals surface area contributed by atoms with Gasteiger partial charge in [-0.1, -0.05) is 6.92 Å². The first kappa shape index (κ1) is 17.1. The van der Waals surface area contributed by atoms with Gasteiger partial charge >= 0.3 is 0 Å². The number of imidazole rings is 1. The SMILES string of the molecule is CC1(O)[C@](C)(n2cnc3c(N)ncnc32)CC[C@](C)(CO)[C@]1(C)O. The van der Waals surface area contributed by atoms with Gasteiger partial charge in [-0.15, -0.1) is 0 Å². The van der Waals surface area contributed by atoms with Gasteiger partial charge in [-0.25, -0.2) is 15.0 Å². The van der Waals surface area contributed by atoms with Crippen LogP contribution in [0.3, 0.4) is 0 Å². The normalized spacial score (nSPS) is 40.1. The van der Waals surface area contributed by atoms with Crippen molar-refractivity contribution in [3.63, 3.8) is 0 Å². The number of hydrogen-bond donors (Lipinski definition) is 4. The highest BCUT2D eigenvalue weighted by Crippen LogP contribution is 2.56. The Labute approximate surface area is 140 Å². The van der Waals surface area contributed by atoms with Gasteiger partial charge in [-0.3, -0.25) is 0 Å². The molecule has 5 N–H and O–H groups in total. The van der Waals surface area contributed by atoms with Crippen LogP contribution in [0.5, 0.6) is 0 Å². The summed E-state index contributed by atoms with van der Waals surface area (Å²) in [4.78, 5) is 12.5. The van der Waals surface area contributed by atoms with Crippen molar-refractivity contribution >= 4 is 17.0 Å². The maximum atomic E-state index is 11.4. The van der Waals surface area contributed by atoms with Crippen LogP contribution < -0.4 is 5.73 Å². The summed E-state index contributed by atoms with van der Waals surface area (Å²) in [5.41, 5.74) is 2.04. The molecule has 2 heterocycles. The summed E-state index contributed by atoms with van der Waals surface area (Å²) in [6.07, 6.45) is 3.99. The lowest BCUT2D eigenvalue weighted by molar-refractivity contribution is -0.269. The first-order valence-corrected chi connectivity index (χ1v) is 8.01. The smallest absolute Gasteiger partial charge is 0.166 e. The van der Waals surface area contributed by atoms with Gasteiger partial charge in [0.1, 0.15) is 23.0 Å². The monoisotopic (exact) mass is 335 g/mol. The number of aromatic nitrogens is 4. The van der Waals surface area contributed by atoms with Crippen LogP contribution in [0.2, 0.25) is 0 Å². The molecule has 0 bridgehead atoms. The third-order valence-corrected chi connectivity index (χ3v) is 6.58. The molecule has 1 fully saturated rings. The van der Waals surface area contributed by atoms with Crippen LogP contribution in [0, 0.1) is 5.41 Å². The second-order valence-electron chi connectivity index (χ2n) is 7.68. The molecule has 132 valence electrons. The van der Waals surface area contributed by atoms with E-state index in [-0.39, 0.29) is 12.4 Å². The van der Waals surface area contributed by atoms with Crippen molar-refractivity contribution < 1.29 is 15.3 Å². The molecule has 0 aromatic carbocycles. The number of anilines is 1. The van der Waals surface area contributed by atoms with Gasteiger partial charge in [0.05, 0.1) is 18.5 Å². The predicted molar refractivity (Wildman–Crippen MR) is 89.1 cm³/mol. The van der Waals surface area contributed by atoms with E-state index in [0.717, 1.165) is 0 Å². The Bertz CT molecular complexity index is 787. The van der Waals surface area contributed by atoms with E-state index in [0.29, 0.717) is 24.0 Å². The summed E-state index contributed by atoms with van der Waals surface area (Å²) in [5.74, 6) is 0.268. The lowest BCUT2D eigenvalue weighted by atomic mass is 9.52. The van der Waals surface area contributed by atoms with Gasteiger partial charge in [0, 0.05) is 5.41 Å². The Morgan fingerprint density at radius 3 is 2.38 bits per heavy atom. The average molecular weight is 335 g/mol. The standard InChI is InChI=1S/C16H25N5O3/c1-13(7-22)5-6-14(2,16(4,24)15(13,3)23)21-9-20-10-11(17)18-8-19-12(10)21/h8-9,22-24H,5-7H2,1-4H3,(H2,17,18,19)/t13-,14-,15+,16?/m1/s1. The molecule has 2 aromatic rings. The molecule has 0 saturated heterocycles. The van der Waals surface area contributed by atoms with E-state index in [1.165, 1.54) is 6.33 Å². The molecule has 2 aromatic heterocycles. The number of fused-ring (bicyclic) bond motifs is 1. The maximum Gasteiger partial charge on any atom is 0.166 e. The van der Waals surface area contributed by atoms with Crippen LogP contribution in [0.15, 0.2) is 12.7 Å². The molecule has 1 aliphatic carbocycles. The molecular weight excluding hydrogens is 310 g/mol. The maximum absolute atomic E-state index is 11.4. The first-order chi connectivity index (χ1) is 11.0. The lowest BCUT2D eigenvalue weighted by Gasteiger charge is -2.61. The van der Waals surface area contributed by atoms with E-state index < -0.39 is 22.2 Å². The Morgan fingerprint density at radius 1 is 1.08 bits per heavy atom. The fraction of sp³-hybridized carbons (Fsp3) is 0.688. The highest BCUT2D eigenvalue weighted by atomic mass is 16.4. The minimum atomic E-state index is -1.55. The predicted octanol–water partition coefficient (Wildman–Crippen LogP) is 0.418. The van der Waals surface area contributed by atoms with Crippen LogP contribution in [0.1, 0.15) is 40.5 Å². The van der Waals surface area contributed by atoms with Gasteiger partial charge in [-0.05, 0) is 33.6 Å². The van der Waals surface area contributed by atoms with Crippen LogP contribution in [0.4, 0.5) is 5.82 Å². The fourth-order valence-electron chi connectivity index (χ4n) is 3.92. The van der Waals surface area contributed by atoms with Gasteiger partial charge in [0.2, 0.25) is 0 Å². The zero-order valence-electron chi connectivity index (χ0n) is 14.5. The summed E-state index contributed by atoms with van der Waals surface area (Å²) >= 11 is 0. The van der Waals surface area contributed by atoms with Crippen molar-refractivity contribution in [2.75, 3.05) is 12.3 Å². The zero-order chi connectivity index (χ0) is 18.0. The number of nitrogen functional groups attached to an aromatic ring is 1. The van der Waals surface area contributed by atoms with Gasteiger partial charge < -0.3 is 25.6 Å². The average Bonchev–Trinajstić information content (AvgIpc) is 2.96. The quantitative estimate of drug-likeness (QED) is 0.625. The van der Waals surface area contributed by atoms with Crippen molar-refractivity contribution in [2.24, 2.45) is 5.41 Å². The second kappa shape index (κ2) is 4.87. The number of aliphatic hydroxyl groups is 3. The number of nitrogens with two attached hydrogens (primary N) is 1. The number of hydrogen-bond acceptors (Lipinski definition) is 7. The van der Waals surface area contributed by atoms with Crippen molar-refractivity contribution in [3.05, 3.63) is 12.7 Å². The van der Waals surface area contributed by atoms with Crippen molar-refractivity contribution in [3.8, 4) is 0 Å². The molecule has 1 unspecified atom stereocenters. The molecule has 0 amide bonds. The molecule has 8 nitrogen and oxygen atoms in total. The Kier molecular flexibility index (Phi) is 3.46. The number of aliphatic hydroxyl groups excluding tert-OH is 1. The molecule has 24 heavy (non-hydrogen) atoms. The third-order valence-electron chi connectivity index (χ3n) is 6.58. The topological polar surface area (TPSA) is 130 Å². The summed E-state index contributed by atoms with van der Waals surface area (Å²) in [7, 11) is 0. The van der Waals surface area contributed by atoms with Crippen molar-refractivity contribution in [2.45, 2.75) is 57.3 Å². The van der Waals surface area contributed by atoms with E-state index in [1.807, 2.05) is 6.92 Å². The second-order valence-corrected chi connectivity index (χ2v) is 7.68. The van der Waals surface area contributed by atoms with Crippen molar-refractivity contribution in [1.82, 2.24) is 19.5 Å². The Balaban J connectivity index is 2.21. The van der Waals surface area contributed by atoms with E-state index >= 15 is 0 Å². The summed E-state index contributed by atoms with van der Waals surface area (Å²) in [5, 5.41) is 32.4. The van der Waals surface area contributed by atoms with E-state index in [9.17, 15) is 15.3 Å². The van der Waals surface area contributed by atoms with Gasteiger partial charge in [0.25, 0.3) is 0 Å². The highest BCUT2D eigenvalue weighted by molar-refractivity contribution is 5.81. The first-order valence-electron chi connectivity index (χ1n) is 8.01. The Morgan fingerprint density at radius 2 is 1.75 bits per heavy atom. The third kappa shape index (κ3) is 1.81.